The second kappa shape index (κ2) is 38.2. The van der Waals surface area contributed by atoms with E-state index in [1.54, 1.807) is 13.8 Å². The molecule has 0 radical (unpaired) electrons. The van der Waals surface area contributed by atoms with Gasteiger partial charge in [-0.15, -0.1) is 0 Å². The van der Waals surface area contributed by atoms with E-state index in [1.165, 1.54) is 36.1 Å². The molecule has 1 saturated heterocycles. The second-order valence-electron chi connectivity index (χ2n) is 21.3. The minimum Gasteiger partial charge on any atom is -0.508 e. The monoisotopic (exact) mass is 1230 g/mol. The number of aliphatic imine (C=N–C) groups is 2. The van der Waals surface area contributed by atoms with Gasteiger partial charge in [-0.3, -0.25) is 62.7 Å². The molecule has 34 nitrogen and oxygen atoms in total. The Morgan fingerprint density at radius 3 is 1.62 bits per heavy atom. The molecule has 10 atom stereocenters. The molecule has 1 aliphatic rings. The molecule has 0 unspecified atom stereocenters. The van der Waals surface area contributed by atoms with E-state index < -0.39 is 164 Å². The van der Waals surface area contributed by atoms with Crippen molar-refractivity contribution in [3.05, 3.63) is 29.8 Å². The van der Waals surface area contributed by atoms with E-state index in [2.05, 4.69) is 52.5 Å². The van der Waals surface area contributed by atoms with E-state index >= 15 is 0 Å². The zero-order valence-electron chi connectivity index (χ0n) is 49.2. The highest BCUT2D eigenvalue weighted by Gasteiger charge is 2.39. The largest absolute Gasteiger partial charge is 0.508 e. The number of primary amides is 1. The number of aliphatic hydroxyl groups is 1. The Morgan fingerprint density at radius 2 is 1.08 bits per heavy atom. The van der Waals surface area contributed by atoms with Crippen molar-refractivity contribution in [3.8, 4) is 5.75 Å². The number of hydrogen-bond acceptors (Lipinski definition) is 18. The third kappa shape index (κ3) is 27.8. The number of likely N-dealkylation sites (tertiary alicyclic amines) is 1. The molecule has 1 aromatic carbocycles. The number of nitrogens with one attached hydrogen (secondary N) is 8. The van der Waals surface area contributed by atoms with E-state index in [9.17, 15) is 78.0 Å². The maximum absolute atomic E-state index is 14.3. The molecule has 2 rings (SSSR count). The molecule has 34 heteroatoms. The summed E-state index contributed by atoms with van der Waals surface area (Å²) in [6.07, 6.45) is -0.518. The quantitative estimate of drug-likeness (QED) is 0.0165. The number of guanidine groups is 2. The number of unbranched alkanes of at least 4 members (excludes halogenated alkanes) is 1. The Bertz CT molecular complexity index is 2580. The van der Waals surface area contributed by atoms with Crippen molar-refractivity contribution in [2.24, 2.45) is 56.0 Å². The van der Waals surface area contributed by atoms with Gasteiger partial charge in [0.25, 0.3) is 0 Å². The van der Waals surface area contributed by atoms with E-state index in [4.69, 9.17) is 40.1 Å². The van der Waals surface area contributed by atoms with Crippen LogP contribution in [-0.4, -0.2) is 201 Å². The van der Waals surface area contributed by atoms with Crippen LogP contribution in [0.4, 0.5) is 0 Å². The van der Waals surface area contributed by atoms with Crippen molar-refractivity contribution in [2.75, 3.05) is 32.8 Å². The minimum atomic E-state index is -2.05. The molecule has 1 aromatic rings. The standard InChI is InChI=1S/C53H88N18O16/c1-27(2)23-37(51(86)87)69-44(79)33(11-7-21-62-53(59)60)64-45(80)34(17-18-40(56)74)65-46(81)35(24-29-13-15-30(73)16-14-29)67-47(82)36(25-41(75)76)68-48(83)38(26-72)70-42(77)28(3)63-43(78)32(10-4-5-19-54)66-49(84)39-12-8-22-71(39)50(85)31(55)9-6-20-61-52(57)58/h13-16,27-28,31-39,72-73H,4-12,17-26,54-55H2,1-3H3,(H2,56,74)(H,63,78)(H,64,80)(H,65,81)(H,66,84)(H,67,82)(H,68,83)(H,69,79)(H,70,77)(H,75,76)(H,86,87)(H4,57,58,61)(H4,59,60,62)/t28-,31-,32-,33-,34-,35-,36-,37-,38-,39-/m0/s1. The van der Waals surface area contributed by atoms with Crippen LogP contribution >= 0.6 is 0 Å². The van der Waals surface area contributed by atoms with Crippen LogP contribution in [0, 0.1) is 5.92 Å². The summed E-state index contributed by atoms with van der Waals surface area (Å²) >= 11 is 0. The fourth-order valence-corrected chi connectivity index (χ4v) is 8.90. The Hall–Kier alpha value is -8.92. The molecule has 0 aliphatic carbocycles. The SMILES string of the molecule is CC(C)C[C@H](NC(=O)[C@H](CCCN=C(N)N)NC(=O)[C@H](CCC(N)=O)NC(=O)[C@H](Cc1ccc(O)cc1)NC(=O)[C@H](CC(=O)O)NC(=O)[C@H](CO)NC(=O)[C@H](C)NC(=O)[C@H](CCCCN)NC(=O)[C@@H]1CCCN1C(=O)[C@@H](N)CCCN=C(N)N)C(=O)O. The van der Waals surface area contributed by atoms with Gasteiger partial charge >= 0.3 is 11.9 Å². The van der Waals surface area contributed by atoms with Crippen molar-refractivity contribution in [1.29, 1.82) is 0 Å². The number of aliphatic carboxylic acids is 2. The number of nitrogens with two attached hydrogens (primary N) is 7. The van der Waals surface area contributed by atoms with Gasteiger partial charge in [0, 0.05) is 32.5 Å². The number of carboxylic acids is 2. The number of benzene rings is 1. The average Bonchev–Trinajstić information content (AvgIpc) is 4.07. The van der Waals surface area contributed by atoms with Crippen molar-refractivity contribution in [1.82, 2.24) is 47.4 Å². The fourth-order valence-electron chi connectivity index (χ4n) is 8.90. The van der Waals surface area contributed by atoms with Crippen molar-refractivity contribution in [2.45, 2.75) is 171 Å². The smallest absolute Gasteiger partial charge is 0.326 e. The fraction of sp³-hybridized carbons (Fsp3) is 0.623. The number of carbonyl (C=O) groups is 12. The molecular weight excluding hydrogens is 1140 g/mol. The molecule has 0 aromatic heterocycles. The first-order chi connectivity index (χ1) is 41.0. The lowest BCUT2D eigenvalue weighted by molar-refractivity contribution is -0.143. The first-order valence-corrected chi connectivity index (χ1v) is 28.4. The molecular formula is C53H88N18O16. The van der Waals surface area contributed by atoms with Crippen LogP contribution in [0.2, 0.25) is 0 Å². The van der Waals surface area contributed by atoms with Gasteiger partial charge in [-0.2, -0.15) is 0 Å². The minimum absolute atomic E-state index is 0.0102. The van der Waals surface area contributed by atoms with Crippen LogP contribution in [0.1, 0.15) is 110 Å². The summed E-state index contributed by atoms with van der Waals surface area (Å²) in [6, 6.07) is -9.76. The predicted molar refractivity (Wildman–Crippen MR) is 313 cm³/mol. The number of amides is 10. The first kappa shape index (κ1) is 74.2. The number of phenols is 1. The van der Waals surface area contributed by atoms with E-state index in [0.717, 1.165) is 0 Å². The van der Waals surface area contributed by atoms with Gasteiger partial charge in [-0.1, -0.05) is 26.0 Å². The lowest BCUT2D eigenvalue weighted by Gasteiger charge is -2.29. The molecule has 10 amide bonds. The van der Waals surface area contributed by atoms with E-state index in [-0.39, 0.29) is 93.9 Å². The summed E-state index contributed by atoms with van der Waals surface area (Å²) < 4.78 is 0. The Kier molecular flexibility index (Phi) is 32.6. The molecule has 0 spiro atoms. The van der Waals surface area contributed by atoms with Gasteiger partial charge in [0.15, 0.2) is 11.9 Å². The number of hydrogen-bond donors (Lipinski definition) is 19. The van der Waals surface area contributed by atoms with E-state index in [0.29, 0.717) is 25.7 Å². The number of aliphatic hydroxyl groups excluding tert-OH is 1. The highest BCUT2D eigenvalue weighted by molar-refractivity contribution is 5.99. The van der Waals surface area contributed by atoms with Crippen molar-refractivity contribution in [3.63, 3.8) is 0 Å². The molecule has 1 heterocycles. The van der Waals surface area contributed by atoms with Gasteiger partial charge in [-0.25, -0.2) is 4.79 Å². The Morgan fingerprint density at radius 1 is 0.598 bits per heavy atom. The number of carbonyl (C=O) groups excluding carboxylic acids is 10. The van der Waals surface area contributed by atoms with Crippen molar-refractivity contribution >= 4 is 82.9 Å². The maximum atomic E-state index is 14.3. The number of phenolic OH excluding ortho intramolecular Hbond substituents is 1. The highest BCUT2D eigenvalue weighted by Crippen LogP contribution is 2.20. The summed E-state index contributed by atoms with van der Waals surface area (Å²) in [5.41, 5.74) is 39.1. The van der Waals surface area contributed by atoms with Crippen LogP contribution in [-0.2, 0) is 64.0 Å². The van der Waals surface area contributed by atoms with Gasteiger partial charge in [0.2, 0.25) is 59.1 Å². The normalized spacial score (nSPS) is 15.9. The molecule has 26 N–H and O–H groups in total. The summed E-state index contributed by atoms with van der Waals surface area (Å²) in [5.74, 6) is -13.6. The molecule has 0 saturated carbocycles. The van der Waals surface area contributed by atoms with Crippen molar-refractivity contribution < 1.29 is 78.0 Å². The number of nitrogens with zero attached hydrogens (tertiary/aromatic N) is 3. The van der Waals surface area contributed by atoms with Crippen LogP contribution in [0.3, 0.4) is 0 Å². The lowest BCUT2D eigenvalue weighted by atomic mass is 10.0. The third-order valence-electron chi connectivity index (χ3n) is 13.5. The summed E-state index contributed by atoms with van der Waals surface area (Å²) in [4.78, 5) is 169. The summed E-state index contributed by atoms with van der Waals surface area (Å²) in [6.45, 7) is 4.19. The molecule has 486 valence electrons. The van der Waals surface area contributed by atoms with Gasteiger partial charge < -0.3 is 108 Å². The topological polar surface area (TPSA) is 592 Å². The number of carboxylic acid groups (broad SMARTS) is 2. The second-order valence-corrected chi connectivity index (χ2v) is 21.3. The summed E-state index contributed by atoms with van der Waals surface area (Å²) in [7, 11) is 0. The zero-order valence-corrected chi connectivity index (χ0v) is 49.2. The predicted octanol–water partition coefficient (Wildman–Crippen LogP) is -6.75. The van der Waals surface area contributed by atoms with Gasteiger partial charge in [-0.05, 0) is 108 Å². The summed E-state index contributed by atoms with van der Waals surface area (Å²) in [5, 5.41) is 59.0. The highest BCUT2D eigenvalue weighted by atomic mass is 16.4. The molecule has 1 aliphatic heterocycles. The lowest BCUT2D eigenvalue weighted by Crippen LogP contribution is -2.61. The third-order valence-corrected chi connectivity index (χ3v) is 13.5. The van der Waals surface area contributed by atoms with Crippen LogP contribution < -0.4 is 82.7 Å². The first-order valence-electron chi connectivity index (χ1n) is 28.4. The molecule has 87 heavy (non-hydrogen) atoms. The van der Waals surface area contributed by atoms with E-state index in [1.807, 2.05) is 0 Å². The van der Waals surface area contributed by atoms with Gasteiger partial charge in [0.05, 0.1) is 19.1 Å². The number of rotatable bonds is 40. The average molecular weight is 1230 g/mol. The van der Waals surface area contributed by atoms with Crippen LogP contribution in [0.15, 0.2) is 34.3 Å². The Labute approximate surface area is 502 Å². The zero-order chi connectivity index (χ0) is 65.5. The van der Waals surface area contributed by atoms with Crippen LogP contribution in [0.25, 0.3) is 0 Å². The van der Waals surface area contributed by atoms with Gasteiger partial charge in [0.1, 0.15) is 60.1 Å². The Balaban J connectivity index is 2.37. The number of aromatic hydroxyl groups is 1. The maximum Gasteiger partial charge on any atom is 0.326 e. The van der Waals surface area contributed by atoms with Crippen LogP contribution in [0.5, 0.6) is 5.75 Å². The molecule has 0 bridgehead atoms. The molecule has 1 fully saturated rings.